The monoisotopic (exact) mass is 280 g/mol. The Labute approximate surface area is 109 Å². The standard InChI is InChI=1S/C11H20N4OSi2/c1-17(2,3)15-8-14-9-10(15)12-7-13-11(9)16-18(4,5)6/h7-8H,1-6H3. The van der Waals surface area contributed by atoms with Gasteiger partial charge >= 0.3 is 0 Å². The van der Waals surface area contributed by atoms with Crippen LogP contribution in [-0.2, 0) is 0 Å². The Morgan fingerprint density at radius 1 is 1.00 bits per heavy atom. The van der Waals surface area contributed by atoms with Crippen molar-refractivity contribution in [2.24, 2.45) is 0 Å². The number of imidazole rings is 1. The third-order valence-corrected chi connectivity index (χ3v) is 5.00. The normalized spacial score (nSPS) is 13.0. The molecule has 0 atom stereocenters. The first-order valence-electron chi connectivity index (χ1n) is 6.06. The van der Waals surface area contributed by atoms with Crippen LogP contribution in [0.4, 0.5) is 0 Å². The second kappa shape index (κ2) is 4.16. The van der Waals surface area contributed by atoms with Gasteiger partial charge in [0.1, 0.15) is 6.33 Å². The van der Waals surface area contributed by atoms with Crippen molar-refractivity contribution in [3.05, 3.63) is 12.7 Å². The van der Waals surface area contributed by atoms with Gasteiger partial charge in [0, 0.05) is 0 Å². The molecule has 0 bridgehead atoms. The molecular formula is C11H20N4OSi2. The summed E-state index contributed by atoms with van der Waals surface area (Å²) in [6.45, 7) is 13.2. The molecule has 2 aromatic heterocycles. The predicted octanol–water partition coefficient (Wildman–Crippen LogP) is 2.72. The highest BCUT2D eigenvalue weighted by Crippen LogP contribution is 2.24. The largest absolute Gasteiger partial charge is 0.530 e. The van der Waals surface area contributed by atoms with Gasteiger partial charge in [0.2, 0.25) is 14.2 Å². The maximum atomic E-state index is 5.97. The van der Waals surface area contributed by atoms with Crippen molar-refractivity contribution in [2.75, 3.05) is 0 Å². The number of hydrogen-bond acceptors (Lipinski definition) is 4. The van der Waals surface area contributed by atoms with Crippen LogP contribution < -0.4 is 4.43 Å². The summed E-state index contributed by atoms with van der Waals surface area (Å²) in [5.41, 5.74) is 1.67. The maximum Gasteiger partial charge on any atom is 0.244 e. The Morgan fingerprint density at radius 2 is 1.67 bits per heavy atom. The van der Waals surface area contributed by atoms with E-state index < -0.39 is 16.6 Å². The van der Waals surface area contributed by atoms with E-state index >= 15 is 0 Å². The molecule has 0 N–H and O–H groups in total. The average molecular weight is 280 g/mol. The van der Waals surface area contributed by atoms with Crippen LogP contribution in [0.25, 0.3) is 11.2 Å². The second-order valence-corrected chi connectivity index (χ2v) is 15.6. The van der Waals surface area contributed by atoms with Gasteiger partial charge in [-0.1, -0.05) is 19.6 Å². The molecule has 0 aliphatic rings. The molecule has 0 fully saturated rings. The van der Waals surface area contributed by atoms with Crippen LogP contribution in [-0.4, -0.2) is 35.7 Å². The molecule has 0 saturated carbocycles. The molecule has 7 heteroatoms. The van der Waals surface area contributed by atoms with Crippen molar-refractivity contribution < 1.29 is 4.43 Å². The Kier molecular flexibility index (Phi) is 3.06. The fraction of sp³-hybridized carbons (Fsp3) is 0.545. The SMILES string of the molecule is C[Si](C)(C)Oc1ncnc2c1ncn2[Si](C)(C)C. The number of nitrogens with zero attached hydrogens (tertiary/aromatic N) is 4. The summed E-state index contributed by atoms with van der Waals surface area (Å²) in [5.74, 6) is 0.621. The minimum Gasteiger partial charge on any atom is -0.530 e. The zero-order chi connectivity index (χ0) is 13.6. The van der Waals surface area contributed by atoms with Crippen molar-refractivity contribution in [3.63, 3.8) is 0 Å². The molecule has 0 saturated heterocycles. The van der Waals surface area contributed by atoms with Crippen LogP contribution >= 0.6 is 0 Å². The summed E-state index contributed by atoms with van der Waals surface area (Å²) >= 11 is 0. The van der Waals surface area contributed by atoms with E-state index in [1.165, 1.54) is 0 Å². The number of hydrogen-bond donors (Lipinski definition) is 0. The minimum absolute atomic E-state index is 0.621. The molecule has 5 nitrogen and oxygen atoms in total. The summed E-state index contributed by atoms with van der Waals surface area (Å²) in [4.78, 5) is 13.0. The van der Waals surface area contributed by atoms with E-state index in [-0.39, 0.29) is 0 Å². The molecule has 0 spiro atoms. The van der Waals surface area contributed by atoms with Gasteiger partial charge in [-0.3, -0.25) is 0 Å². The Hall–Kier alpha value is -1.22. The zero-order valence-electron chi connectivity index (χ0n) is 11.9. The lowest BCUT2D eigenvalue weighted by atomic mass is 10.5. The first-order chi connectivity index (χ1) is 8.18. The third kappa shape index (κ3) is 2.61. The van der Waals surface area contributed by atoms with Gasteiger partial charge in [0.05, 0.1) is 6.33 Å². The van der Waals surface area contributed by atoms with E-state index in [2.05, 4.69) is 58.5 Å². The summed E-state index contributed by atoms with van der Waals surface area (Å²) in [6, 6.07) is 0. The van der Waals surface area contributed by atoms with Crippen molar-refractivity contribution in [1.29, 1.82) is 0 Å². The molecule has 0 unspecified atom stereocenters. The zero-order valence-corrected chi connectivity index (χ0v) is 13.9. The van der Waals surface area contributed by atoms with Crippen LogP contribution in [0.15, 0.2) is 12.7 Å². The van der Waals surface area contributed by atoms with Gasteiger partial charge in [-0.25, -0.2) is 15.0 Å². The lowest BCUT2D eigenvalue weighted by molar-refractivity contribution is 0.538. The van der Waals surface area contributed by atoms with Crippen molar-refractivity contribution in [1.82, 2.24) is 19.2 Å². The van der Waals surface area contributed by atoms with Crippen molar-refractivity contribution in [3.8, 4) is 5.88 Å². The molecule has 0 aliphatic carbocycles. The summed E-state index contributed by atoms with van der Waals surface area (Å²) in [6.07, 6.45) is 3.43. The average Bonchev–Trinajstić information content (AvgIpc) is 2.58. The number of aromatic nitrogens is 4. The predicted molar refractivity (Wildman–Crippen MR) is 78.0 cm³/mol. The molecule has 0 radical (unpaired) electrons. The van der Waals surface area contributed by atoms with Gasteiger partial charge in [0.25, 0.3) is 0 Å². The van der Waals surface area contributed by atoms with E-state index in [1.54, 1.807) is 6.33 Å². The highest BCUT2D eigenvalue weighted by Gasteiger charge is 2.24. The van der Waals surface area contributed by atoms with Gasteiger partial charge in [-0.2, -0.15) is 0 Å². The van der Waals surface area contributed by atoms with Gasteiger partial charge in [0.15, 0.2) is 19.4 Å². The molecular weight excluding hydrogens is 260 g/mol. The van der Waals surface area contributed by atoms with Crippen LogP contribution in [0.1, 0.15) is 0 Å². The maximum absolute atomic E-state index is 5.97. The van der Waals surface area contributed by atoms with E-state index in [0.29, 0.717) is 5.88 Å². The van der Waals surface area contributed by atoms with Crippen molar-refractivity contribution in [2.45, 2.75) is 39.3 Å². The quantitative estimate of drug-likeness (QED) is 0.811. The Bertz CT molecular complexity index is 568. The topological polar surface area (TPSA) is 52.8 Å². The van der Waals surface area contributed by atoms with Crippen molar-refractivity contribution >= 4 is 27.7 Å². The highest BCUT2D eigenvalue weighted by molar-refractivity contribution is 6.75. The molecule has 0 aliphatic heterocycles. The van der Waals surface area contributed by atoms with E-state index in [0.717, 1.165) is 11.2 Å². The Morgan fingerprint density at radius 3 is 2.22 bits per heavy atom. The van der Waals surface area contributed by atoms with Crippen LogP contribution in [0.5, 0.6) is 5.88 Å². The molecule has 0 aromatic carbocycles. The summed E-state index contributed by atoms with van der Waals surface area (Å²) in [7, 11) is -3.19. The Balaban J connectivity index is 2.56. The first kappa shape index (κ1) is 13.2. The second-order valence-electron chi connectivity index (χ2n) is 6.35. The van der Waals surface area contributed by atoms with Gasteiger partial charge in [-0.05, 0) is 19.6 Å². The molecule has 98 valence electrons. The van der Waals surface area contributed by atoms with E-state index in [1.807, 2.05) is 6.33 Å². The lowest BCUT2D eigenvalue weighted by Gasteiger charge is -2.19. The summed E-state index contributed by atoms with van der Waals surface area (Å²) < 4.78 is 8.15. The fourth-order valence-corrected chi connectivity index (χ4v) is 3.60. The smallest absolute Gasteiger partial charge is 0.244 e. The van der Waals surface area contributed by atoms with Gasteiger partial charge in [-0.15, -0.1) is 0 Å². The molecule has 2 aromatic rings. The molecule has 18 heavy (non-hydrogen) atoms. The van der Waals surface area contributed by atoms with Crippen LogP contribution in [0.3, 0.4) is 0 Å². The molecule has 2 heterocycles. The molecule has 0 amide bonds. The van der Waals surface area contributed by atoms with E-state index in [9.17, 15) is 0 Å². The fourth-order valence-electron chi connectivity index (χ4n) is 1.67. The number of fused-ring (bicyclic) bond motifs is 1. The van der Waals surface area contributed by atoms with Gasteiger partial charge < -0.3 is 8.66 Å². The lowest BCUT2D eigenvalue weighted by Crippen LogP contribution is -2.31. The number of rotatable bonds is 3. The summed E-state index contributed by atoms with van der Waals surface area (Å²) in [5, 5.41) is 0. The first-order valence-corrected chi connectivity index (χ1v) is 12.9. The van der Waals surface area contributed by atoms with Crippen LogP contribution in [0, 0.1) is 0 Å². The van der Waals surface area contributed by atoms with Crippen LogP contribution in [0.2, 0.25) is 39.3 Å². The minimum atomic E-state index is -1.68. The van der Waals surface area contributed by atoms with E-state index in [4.69, 9.17) is 4.43 Å². The highest BCUT2D eigenvalue weighted by atomic mass is 28.4. The molecule has 2 rings (SSSR count). The third-order valence-electron chi connectivity index (χ3n) is 2.43.